The number of nitrogens with one attached hydrogen (secondary N) is 1. The lowest BCUT2D eigenvalue weighted by Gasteiger charge is -2.26. The van der Waals surface area contributed by atoms with Crippen LogP contribution in [0.4, 0.5) is 5.95 Å². The quantitative estimate of drug-likeness (QED) is 0.651. The van der Waals surface area contributed by atoms with Gasteiger partial charge in [-0.3, -0.25) is 19.1 Å². The first kappa shape index (κ1) is 19.3. The van der Waals surface area contributed by atoms with Crippen molar-refractivity contribution in [1.29, 1.82) is 0 Å². The molecular weight excluding hydrogens is 396 g/mol. The number of fused-ring (bicyclic) bond motifs is 2. The second kappa shape index (κ2) is 7.86. The largest absolute Gasteiger partial charge is 0.486 e. The Morgan fingerprint density at radius 3 is 2.74 bits per heavy atom. The van der Waals surface area contributed by atoms with E-state index in [2.05, 4.69) is 17.2 Å². The van der Waals surface area contributed by atoms with Crippen molar-refractivity contribution in [3.8, 4) is 22.8 Å². The van der Waals surface area contributed by atoms with E-state index in [-0.39, 0.29) is 23.8 Å². The van der Waals surface area contributed by atoms with Gasteiger partial charge >= 0.3 is 0 Å². The number of carbonyl (C=O) groups is 1. The van der Waals surface area contributed by atoms with Gasteiger partial charge in [0.2, 0.25) is 5.95 Å². The molecule has 31 heavy (non-hydrogen) atoms. The van der Waals surface area contributed by atoms with E-state index in [1.54, 1.807) is 47.3 Å². The summed E-state index contributed by atoms with van der Waals surface area (Å²) in [5, 5.41) is 3.28. The number of rotatable bonds is 4. The number of ether oxygens (including phenoxy) is 2. The van der Waals surface area contributed by atoms with Crippen molar-refractivity contribution in [3.63, 3.8) is 0 Å². The highest BCUT2D eigenvalue weighted by molar-refractivity contribution is 5.98. The van der Waals surface area contributed by atoms with E-state index in [0.717, 1.165) is 12.0 Å². The van der Waals surface area contributed by atoms with Crippen molar-refractivity contribution in [2.75, 3.05) is 18.5 Å². The van der Waals surface area contributed by atoms with Crippen LogP contribution in [0.25, 0.3) is 11.3 Å². The lowest BCUT2D eigenvalue weighted by Crippen LogP contribution is -2.37. The summed E-state index contributed by atoms with van der Waals surface area (Å²) in [6.45, 7) is 3.55. The van der Waals surface area contributed by atoms with E-state index < -0.39 is 0 Å². The van der Waals surface area contributed by atoms with Crippen LogP contribution in [0.15, 0.2) is 47.5 Å². The van der Waals surface area contributed by atoms with Crippen LogP contribution in [0.3, 0.4) is 0 Å². The van der Waals surface area contributed by atoms with Crippen molar-refractivity contribution in [2.45, 2.75) is 32.4 Å². The minimum Gasteiger partial charge on any atom is -0.486 e. The first-order chi connectivity index (χ1) is 15.1. The predicted molar refractivity (Wildman–Crippen MR) is 115 cm³/mol. The number of benzene rings is 1. The summed E-state index contributed by atoms with van der Waals surface area (Å²) < 4.78 is 12.7. The smallest absolute Gasteiger partial charge is 0.259 e. The maximum Gasteiger partial charge on any atom is 0.259 e. The zero-order valence-electron chi connectivity index (χ0n) is 17.1. The van der Waals surface area contributed by atoms with Crippen LogP contribution in [-0.2, 0) is 13.0 Å². The van der Waals surface area contributed by atoms with Crippen LogP contribution in [0.1, 0.15) is 29.3 Å². The Bertz CT molecular complexity index is 1210. The molecule has 8 heteroatoms. The predicted octanol–water partition coefficient (Wildman–Crippen LogP) is 2.71. The topological polar surface area (TPSA) is 95.3 Å². The molecule has 1 unspecified atom stereocenters. The van der Waals surface area contributed by atoms with Gasteiger partial charge in [-0.05, 0) is 43.7 Å². The number of hydrogen-bond acceptors (Lipinski definition) is 7. The van der Waals surface area contributed by atoms with Crippen LogP contribution in [0.2, 0.25) is 0 Å². The zero-order chi connectivity index (χ0) is 21.4. The maximum atomic E-state index is 13.4. The third kappa shape index (κ3) is 3.65. The molecule has 2 aliphatic heterocycles. The van der Waals surface area contributed by atoms with Crippen molar-refractivity contribution in [2.24, 2.45) is 0 Å². The molecule has 1 N–H and O–H groups in total. The van der Waals surface area contributed by atoms with Gasteiger partial charge < -0.3 is 14.8 Å². The number of hydrogen-bond donors (Lipinski definition) is 1. The van der Waals surface area contributed by atoms with Crippen LogP contribution < -0.4 is 20.3 Å². The average Bonchev–Trinajstić information content (AvgIpc) is 2.80. The van der Waals surface area contributed by atoms with Crippen LogP contribution >= 0.6 is 0 Å². The number of pyridine rings is 1. The van der Waals surface area contributed by atoms with Gasteiger partial charge in [0.05, 0.1) is 11.3 Å². The molecule has 0 fully saturated rings. The Hall–Kier alpha value is -3.68. The van der Waals surface area contributed by atoms with E-state index in [1.165, 1.54) is 0 Å². The Balaban J connectivity index is 1.56. The van der Waals surface area contributed by atoms with Gasteiger partial charge in [0, 0.05) is 42.5 Å². The van der Waals surface area contributed by atoms with Gasteiger partial charge in [0.25, 0.3) is 5.56 Å². The standard InChI is InChI=1S/C23H22N4O4/c1-14-6-9-27-22(29)17(21(26-23(27)25-14)15-4-7-24-8-5-15)13-18(28)16-2-3-19-20(12-16)31-11-10-30-19/h2-5,7-8,12,14H,6,9-11,13H2,1H3,(H,25,26). The van der Waals surface area contributed by atoms with E-state index in [9.17, 15) is 9.59 Å². The van der Waals surface area contributed by atoms with Gasteiger partial charge in [-0.25, -0.2) is 4.98 Å². The summed E-state index contributed by atoms with van der Waals surface area (Å²) in [6, 6.07) is 8.92. The summed E-state index contributed by atoms with van der Waals surface area (Å²) in [6.07, 6.45) is 4.06. The molecule has 3 aromatic rings. The summed E-state index contributed by atoms with van der Waals surface area (Å²) >= 11 is 0. The van der Waals surface area contributed by atoms with Crippen molar-refractivity contribution in [3.05, 3.63) is 64.2 Å². The number of anilines is 1. The Morgan fingerprint density at radius 2 is 1.94 bits per heavy atom. The van der Waals surface area contributed by atoms with E-state index in [1.807, 2.05) is 0 Å². The molecule has 0 amide bonds. The zero-order valence-corrected chi connectivity index (χ0v) is 17.1. The van der Waals surface area contributed by atoms with Crippen LogP contribution in [-0.4, -0.2) is 39.6 Å². The lowest BCUT2D eigenvalue weighted by molar-refractivity contribution is 0.0991. The third-order valence-electron chi connectivity index (χ3n) is 5.58. The fourth-order valence-electron chi connectivity index (χ4n) is 3.91. The molecule has 2 aliphatic rings. The molecule has 0 bridgehead atoms. The van der Waals surface area contributed by atoms with Crippen molar-refractivity contribution < 1.29 is 14.3 Å². The van der Waals surface area contributed by atoms with Crippen molar-refractivity contribution in [1.82, 2.24) is 14.5 Å². The summed E-state index contributed by atoms with van der Waals surface area (Å²) in [4.78, 5) is 35.3. The number of ketones is 1. The molecule has 1 aromatic carbocycles. The SMILES string of the molecule is CC1CCn2c(nc(-c3ccncc3)c(CC(=O)c3ccc4c(c3)OCCO4)c2=O)N1. The monoisotopic (exact) mass is 418 g/mol. The number of carbonyl (C=O) groups excluding carboxylic acids is 1. The Labute approximate surface area is 178 Å². The molecule has 8 nitrogen and oxygen atoms in total. The summed E-state index contributed by atoms with van der Waals surface area (Å²) in [5.41, 5.74) is 1.92. The maximum absolute atomic E-state index is 13.4. The van der Waals surface area contributed by atoms with Crippen LogP contribution in [0, 0.1) is 0 Å². The fraction of sp³-hybridized carbons (Fsp3) is 0.304. The molecule has 0 spiro atoms. The minimum atomic E-state index is -0.192. The molecule has 0 aliphatic carbocycles. The first-order valence-electron chi connectivity index (χ1n) is 10.3. The van der Waals surface area contributed by atoms with Crippen LogP contribution in [0.5, 0.6) is 11.5 Å². The van der Waals surface area contributed by atoms with Gasteiger partial charge in [0.15, 0.2) is 17.3 Å². The molecule has 4 heterocycles. The molecule has 2 aromatic heterocycles. The van der Waals surface area contributed by atoms with Gasteiger partial charge in [-0.1, -0.05) is 0 Å². The molecular formula is C23H22N4O4. The number of nitrogens with zero attached hydrogens (tertiary/aromatic N) is 3. The van der Waals surface area contributed by atoms with E-state index in [0.29, 0.717) is 54.0 Å². The second-order valence-electron chi connectivity index (χ2n) is 7.75. The molecule has 0 radical (unpaired) electrons. The van der Waals surface area contributed by atoms with E-state index in [4.69, 9.17) is 14.5 Å². The summed E-state index contributed by atoms with van der Waals surface area (Å²) in [7, 11) is 0. The lowest BCUT2D eigenvalue weighted by atomic mass is 9.99. The highest BCUT2D eigenvalue weighted by Gasteiger charge is 2.24. The number of aromatic nitrogens is 3. The molecule has 0 saturated heterocycles. The molecule has 1 atom stereocenters. The highest BCUT2D eigenvalue weighted by atomic mass is 16.6. The third-order valence-corrected chi connectivity index (χ3v) is 5.58. The van der Waals surface area contributed by atoms with Gasteiger partial charge in [-0.15, -0.1) is 0 Å². The molecule has 158 valence electrons. The molecule has 0 saturated carbocycles. The minimum absolute atomic E-state index is 0.0566. The normalized spacial score (nSPS) is 16.9. The summed E-state index contributed by atoms with van der Waals surface area (Å²) in [5.74, 6) is 1.52. The Kier molecular flexibility index (Phi) is 4.89. The average molecular weight is 418 g/mol. The van der Waals surface area contributed by atoms with E-state index >= 15 is 0 Å². The van der Waals surface area contributed by atoms with Gasteiger partial charge in [0.1, 0.15) is 13.2 Å². The highest BCUT2D eigenvalue weighted by Crippen LogP contribution is 2.31. The Morgan fingerprint density at radius 1 is 1.16 bits per heavy atom. The van der Waals surface area contributed by atoms with Crippen molar-refractivity contribution >= 4 is 11.7 Å². The molecule has 5 rings (SSSR count). The number of Topliss-reactive ketones (excluding diaryl/α,β-unsaturated/α-hetero) is 1. The first-order valence-corrected chi connectivity index (χ1v) is 10.3. The van der Waals surface area contributed by atoms with Gasteiger partial charge in [-0.2, -0.15) is 0 Å². The fourth-order valence-corrected chi connectivity index (χ4v) is 3.91. The second-order valence-corrected chi connectivity index (χ2v) is 7.75.